The van der Waals surface area contributed by atoms with E-state index < -0.39 is 0 Å². The summed E-state index contributed by atoms with van der Waals surface area (Å²) in [5.74, 6) is 1.02. The Bertz CT molecular complexity index is 385. The van der Waals surface area contributed by atoms with E-state index in [1.807, 2.05) is 20.8 Å². The highest BCUT2D eigenvalue weighted by Crippen LogP contribution is 2.21. The molecule has 1 heterocycles. The van der Waals surface area contributed by atoms with Crippen LogP contribution in [0.5, 0.6) is 0 Å². The minimum Gasteiger partial charge on any atom is -0.365 e. The molecule has 0 spiro atoms. The molecule has 0 amide bonds. The van der Waals surface area contributed by atoms with E-state index in [4.69, 9.17) is 11.6 Å². The smallest absolute Gasteiger partial charge is 0.156 e. The Hall–Kier alpha value is -1.16. The van der Waals surface area contributed by atoms with Crippen molar-refractivity contribution in [1.29, 1.82) is 0 Å². The van der Waals surface area contributed by atoms with Gasteiger partial charge in [0.15, 0.2) is 6.29 Å². The van der Waals surface area contributed by atoms with Gasteiger partial charge in [0.05, 0.1) is 5.56 Å². The van der Waals surface area contributed by atoms with Gasteiger partial charge in [0, 0.05) is 5.54 Å². The summed E-state index contributed by atoms with van der Waals surface area (Å²) in [5.41, 5.74) is 0.124. The van der Waals surface area contributed by atoms with Crippen molar-refractivity contribution >= 4 is 23.7 Å². The average Bonchev–Trinajstić information content (AvgIpc) is 1.99. The fourth-order valence-corrected chi connectivity index (χ4v) is 1.36. The molecular formula is C10H14ClN3O. The van der Waals surface area contributed by atoms with Crippen LogP contribution in [0.3, 0.4) is 0 Å². The number of nitrogens with one attached hydrogen (secondary N) is 1. The molecule has 0 saturated carbocycles. The maximum atomic E-state index is 10.8. The second-order valence-corrected chi connectivity index (χ2v) is 4.67. The van der Waals surface area contributed by atoms with Gasteiger partial charge in [0.2, 0.25) is 0 Å². The van der Waals surface area contributed by atoms with E-state index in [1.54, 1.807) is 6.92 Å². The fraction of sp³-hybridized carbons (Fsp3) is 0.500. The first-order chi connectivity index (χ1) is 6.83. The molecule has 0 aromatic carbocycles. The lowest BCUT2D eigenvalue weighted by Gasteiger charge is -2.22. The van der Waals surface area contributed by atoms with Crippen molar-refractivity contribution in [1.82, 2.24) is 9.97 Å². The molecular weight excluding hydrogens is 214 g/mol. The number of rotatable bonds is 2. The van der Waals surface area contributed by atoms with Crippen LogP contribution in [0.4, 0.5) is 5.82 Å². The van der Waals surface area contributed by atoms with Crippen LogP contribution in [0.2, 0.25) is 5.15 Å². The van der Waals surface area contributed by atoms with Crippen LogP contribution >= 0.6 is 11.6 Å². The van der Waals surface area contributed by atoms with Crippen molar-refractivity contribution in [3.63, 3.8) is 0 Å². The zero-order chi connectivity index (χ0) is 11.6. The lowest BCUT2D eigenvalue weighted by molar-refractivity contribution is 0.112. The highest BCUT2D eigenvalue weighted by Gasteiger charge is 2.16. The summed E-state index contributed by atoms with van der Waals surface area (Å²) >= 11 is 5.84. The van der Waals surface area contributed by atoms with Gasteiger partial charge < -0.3 is 5.32 Å². The molecule has 0 aliphatic heterocycles. The van der Waals surface area contributed by atoms with Crippen molar-refractivity contribution in [3.8, 4) is 0 Å². The van der Waals surface area contributed by atoms with E-state index in [1.165, 1.54) is 0 Å². The molecule has 0 aliphatic carbocycles. The second kappa shape index (κ2) is 4.14. The number of hydrogen-bond donors (Lipinski definition) is 1. The van der Waals surface area contributed by atoms with Crippen LogP contribution in [0.1, 0.15) is 37.0 Å². The van der Waals surface area contributed by atoms with Gasteiger partial charge in [-0.25, -0.2) is 9.97 Å². The summed E-state index contributed by atoms with van der Waals surface area (Å²) < 4.78 is 0. The third-order valence-corrected chi connectivity index (χ3v) is 1.91. The summed E-state index contributed by atoms with van der Waals surface area (Å²) in [6.45, 7) is 7.67. The number of aldehydes is 1. The van der Waals surface area contributed by atoms with Gasteiger partial charge >= 0.3 is 0 Å². The minimum atomic E-state index is -0.179. The van der Waals surface area contributed by atoms with E-state index in [0.717, 1.165) is 0 Å². The number of carbonyl (C=O) groups excluding carboxylic acids is 1. The molecule has 1 rings (SSSR count). The maximum absolute atomic E-state index is 10.8. The highest BCUT2D eigenvalue weighted by atomic mass is 35.5. The van der Waals surface area contributed by atoms with Crippen LogP contribution in [-0.4, -0.2) is 21.8 Å². The SMILES string of the molecule is Cc1nc(Cl)c(C=O)c(NC(C)(C)C)n1. The minimum absolute atomic E-state index is 0.179. The van der Waals surface area contributed by atoms with Crippen LogP contribution in [-0.2, 0) is 0 Å². The number of aryl methyl sites for hydroxylation is 1. The third kappa shape index (κ3) is 3.16. The molecule has 0 aliphatic rings. The topological polar surface area (TPSA) is 54.9 Å². The molecule has 0 saturated heterocycles. The third-order valence-electron chi connectivity index (χ3n) is 1.62. The zero-order valence-corrected chi connectivity index (χ0v) is 10.0. The molecule has 0 unspecified atom stereocenters. The predicted molar refractivity (Wildman–Crippen MR) is 60.5 cm³/mol. The Morgan fingerprint density at radius 2 is 1.93 bits per heavy atom. The lowest BCUT2D eigenvalue weighted by atomic mass is 10.1. The predicted octanol–water partition coefficient (Wildman–Crippen LogP) is 2.46. The standard InChI is InChI=1S/C10H14ClN3O/c1-6-12-8(11)7(5-15)9(13-6)14-10(2,3)4/h5H,1-4H3,(H,12,13,14). The van der Waals surface area contributed by atoms with Gasteiger partial charge in [0.25, 0.3) is 0 Å². The Labute approximate surface area is 94.1 Å². The first-order valence-electron chi connectivity index (χ1n) is 4.61. The van der Waals surface area contributed by atoms with Gasteiger partial charge in [-0.1, -0.05) is 11.6 Å². The molecule has 0 fully saturated rings. The number of nitrogens with zero attached hydrogens (tertiary/aromatic N) is 2. The van der Waals surface area contributed by atoms with Crippen LogP contribution in [0, 0.1) is 6.92 Å². The number of anilines is 1. The van der Waals surface area contributed by atoms with E-state index in [2.05, 4.69) is 15.3 Å². The van der Waals surface area contributed by atoms with E-state index in [0.29, 0.717) is 23.5 Å². The molecule has 1 N–H and O–H groups in total. The van der Waals surface area contributed by atoms with Gasteiger partial charge in [-0.2, -0.15) is 0 Å². The van der Waals surface area contributed by atoms with Crippen LogP contribution in [0.15, 0.2) is 0 Å². The van der Waals surface area contributed by atoms with E-state index in [9.17, 15) is 4.79 Å². The molecule has 0 bridgehead atoms. The zero-order valence-electron chi connectivity index (χ0n) is 9.26. The van der Waals surface area contributed by atoms with Crippen molar-refractivity contribution < 1.29 is 4.79 Å². The molecule has 0 atom stereocenters. The molecule has 15 heavy (non-hydrogen) atoms. The first-order valence-corrected chi connectivity index (χ1v) is 4.99. The number of hydrogen-bond acceptors (Lipinski definition) is 4. The Kier molecular flexibility index (Phi) is 3.29. The van der Waals surface area contributed by atoms with Crippen molar-refractivity contribution in [2.75, 3.05) is 5.32 Å². The fourth-order valence-electron chi connectivity index (χ4n) is 1.10. The van der Waals surface area contributed by atoms with Gasteiger partial charge in [-0.15, -0.1) is 0 Å². The summed E-state index contributed by atoms with van der Waals surface area (Å²) in [4.78, 5) is 18.9. The van der Waals surface area contributed by atoms with Crippen molar-refractivity contribution in [2.45, 2.75) is 33.2 Å². The number of carbonyl (C=O) groups is 1. The average molecular weight is 228 g/mol. The molecule has 82 valence electrons. The van der Waals surface area contributed by atoms with Crippen LogP contribution < -0.4 is 5.32 Å². The summed E-state index contributed by atoms with van der Waals surface area (Å²) in [6, 6.07) is 0. The Morgan fingerprint density at radius 3 is 2.40 bits per heavy atom. The quantitative estimate of drug-likeness (QED) is 0.623. The van der Waals surface area contributed by atoms with Crippen molar-refractivity contribution in [3.05, 3.63) is 16.5 Å². The molecule has 5 heteroatoms. The van der Waals surface area contributed by atoms with Crippen molar-refractivity contribution in [2.24, 2.45) is 0 Å². The monoisotopic (exact) mass is 227 g/mol. The second-order valence-electron chi connectivity index (χ2n) is 4.32. The van der Waals surface area contributed by atoms with Gasteiger partial charge in [0.1, 0.15) is 16.8 Å². The van der Waals surface area contributed by atoms with Crippen LogP contribution in [0.25, 0.3) is 0 Å². The Morgan fingerprint density at radius 1 is 1.33 bits per heavy atom. The molecule has 1 aromatic rings. The van der Waals surface area contributed by atoms with E-state index in [-0.39, 0.29) is 10.7 Å². The van der Waals surface area contributed by atoms with Gasteiger partial charge in [-0.3, -0.25) is 4.79 Å². The van der Waals surface area contributed by atoms with Gasteiger partial charge in [-0.05, 0) is 27.7 Å². The largest absolute Gasteiger partial charge is 0.365 e. The maximum Gasteiger partial charge on any atom is 0.156 e. The normalized spacial score (nSPS) is 11.3. The highest BCUT2D eigenvalue weighted by molar-refractivity contribution is 6.32. The first kappa shape index (κ1) is 11.9. The summed E-state index contributed by atoms with van der Waals surface area (Å²) in [6.07, 6.45) is 0.663. The molecule has 0 radical (unpaired) electrons. The number of aromatic nitrogens is 2. The van der Waals surface area contributed by atoms with E-state index >= 15 is 0 Å². The lowest BCUT2D eigenvalue weighted by Crippen LogP contribution is -2.27. The summed E-state index contributed by atoms with van der Waals surface area (Å²) in [7, 11) is 0. The Balaban J connectivity index is 3.21. The number of halogens is 1. The molecule has 4 nitrogen and oxygen atoms in total. The summed E-state index contributed by atoms with van der Waals surface area (Å²) in [5, 5.41) is 3.30. The molecule has 1 aromatic heterocycles.